The lowest BCUT2D eigenvalue weighted by Gasteiger charge is -2.09. The number of rotatable bonds is 6. The van der Waals surface area contributed by atoms with E-state index >= 15 is 0 Å². The zero-order valence-electron chi connectivity index (χ0n) is 14.7. The summed E-state index contributed by atoms with van der Waals surface area (Å²) >= 11 is 6.81. The van der Waals surface area contributed by atoms with Gasteiger partial charge in [-0.1, -0.05) is 23.4 Å². The Morgan fingerprint density at radius 3 is 2.66 bits per heavy atom. The van der Waals surface area contributed by atoms with Crippen molar-refractivity contribution in [3.8, 4) is 17.1 Å². The van der Waals surface area contributed by atoms with E-state index in [-0.39, 0.29) is 16.6 Å². The number of ether oxygens (including phenoxy) is 1. The number of H-pyrrole nitrogens is 1. The average molecular weight is 444 g/mol. The molecule has 2 heterocycles. The Kier molecular flexibility index (Phi) is 6.28. The lowest BCUT2D eigenvalue weighted by atomic mass is 10.2. The summed E-state index contributed by atoms with van der Waals surface area (Å²) in [5, 5.41) is 9.17. The van der Waals surface area contributed by atoms with Crippen LogP contribution in [-0.4, -0.2) is 38.9 Å². The van der Waals surface area contributed by atoms with Crippen molar-refractivity contribution in [1.29, 1.82) is 0 Å². The highest BCUT2D eigenvalue weighted by Crippen LogP contribution is 2.32. The first kappa shape index (κ1) is 20.9. The minimum absolute atomic E-state index is 0.0844. The smallest absolute Gasteiger partial charge is 0.417 e. The molecule has 2 N–H and O–H groups in total. The molecule has 12 heteroatoms. The maximum Gasteiger partial charge on any atom is 0.417 e. The van der Waals surface area contributed by atoms with Crippen LogP contribution in [0.5, 0.6) is 5.75 Å². The van der Waals surface area contributed by atoms with Crippen molar-refractivity contribution in [2.75, 3.05) is 18.2 Å². The van der Waals surface area contributed by atoms with Gasteiger partial charge in [0.05, 0.1) is 23.4 Å². The first-order valence-corrected chi connectivity index (χ1v) is 9.35. The third-order valence-corrected chi connectivity index (χ3v) is 4.72. The number of nitrogens with zero attached hydrogens (tertiary/aromatic N) is 3. The Labute approximate surface area is 172 Å². The maximum atomic E-state index is 12.6. The van der Waals surface area contributed by atoms with E-state index in [2.05, 4.69) is 25.5 Å². The van der Waals surface area contributed by atoms with E-state index in [4.69, 9.17) is 16.3 Å². The first-order chi connectivity index (χ1) is 13.8. The highest BCUT2D eigenvalue weighted by Gasteiger charge is 2.31. The second-order valence-electron chi connectivity index (χ2n) is 5.58. The van der Waals surface area contributed by atoms with E-state index in [1.165, 1.54) is 0 Å². The van der Waals surface area contributed by atoms with Crippen molar-refractivity contribution in [2.45, 2.75) is 11.3 Å². The van der Waals surface area contributed by atoms with E-state index < -0.39 is 17.6 Å². The molecule has 0 unspecified atom stereocenters. The van der Waals surface area contributed by atoms with Gasteiger partial charge in [0.25, 0.3) is 0 Å². The topological polar surface area (TPSA) is 92.8 Å². The fourth-order valence-corrected chi connectivity index (χ4v) is 2.98. The minimum atomic E-state index is -4.57. The van der Waals surface area contributed by atoms with Crippen LogP contribution >= 0.6 is 23.4 Å². The molecule has 0 fully saturated rings. The third-order valence-electron chi connectivity index (χ3n) is 3.59. The number of halogens is 4. The van der Waals surface area contributed by atoms with Gasteiger partial charge in [0.15, 0.2) is 11.6 Å². The second kappa shape index (κ2) is 8.70. The van der Waals surface area contributed by atoms with Gasteiger partial charge >= 0.3 is 6.18 Å². The number of amides is 1. The van der Waals surface area contributed by atoms with Crippen LogP contribution in [0.25, 0.3) is 11.4 Å². The second-order valence-corrected chi connectivity index (χ2v) is 6.93. The molecule has 3 rings (SSSR count). The van der Waals surface area contributed by atoms with Crippen molar-refractivity contribution < 1.29 is 22.7 Å². The molecule has 0 saturated heterocycles. The normalized spacial score (nSPS) is 11.3. The van der Waals surface area contributed by atoms with Gasteiger partial charge in [-0.3, -0.25) is 9.89 Å². The Morgan fingerprint density at radius 2 is 2.03 bits per heavy atom. The van der Waals surface area contributed by atoms with Crippen molar-refractivity contribution in [1.82, 2.24) is 20.2 Å². The van der Waals surface area contributed by atoms with Crippen LogP contribution in [-0.2, 0) is 11.0 Å². The number of carbonyl (C=O) groups is 1. The molecular formula is C17H13ClF3N5O2S. The third kappa shape index (κ3) is 5.39. The molecule has 0 spiro atoms. The average Bonchev–Trinajstić information content (AvgIpc) is 3.16. The molecule has 1 amide bonds. The Hall–Kier alpha value is -2.79. The fourth-order valence-electron chi connectivity index (χ4n) is 2.17. The number of nitrogens with one attached hydrogen (secondary N) is 2. The van der Waals surface area contributed by atoms with Gasteiger partial charge in [-0.05, 0) is 30.3 Å². The van der Waals surface area contributed by atoms with E-state index in [0.29, 0.717) is 29.0 Å². The summed E-state index contributed by atoms with van der Waals surface area (Å²) < 4.78 is 43.0. The lowest BCUT2D eigenvalue weighted by molar-refractivity contribution is -0.137. The van der Waals surface area contributed by atoms with Crippen LogP contribution in [0.4, 0.5) is 19.0 Å². The summed E-state index contributed by atoms with van der Waals surface area (Å²) in [5.41, 5.74) is -0.211. The number of hydrogen-bond acceptors (Lipinski definition) is 6. The number of benzene rings is 1. The summed E-state index contributed by atoms with van der Waals surface area (Å²) in [5.74, 6) is 0.469. The maximum absolute atomic E-state index is 12.6. The summed E-state index contributed by atoms with van der Waals surface area (Å²) in [7, 11) is 1.57. The number of thioether (sulfide) groups is 1. The molecule has 1 aromatic carbocycles. The Bertz CT molecular complexity index is 1010. The Morgan fingerprint density at radius 1 is 1.31 bits per heavy atom. The van der Waals surface area contributed by atoms with Crippen LogP contribution < -0.4 is 10.1 Å². The highest BCUT2D eigenvalue weighted by atomic mass is 35.5. The number of pyridine rings is 1. The van der Waals surface area contributed by atoms with Crippen molar-refractivity contribution in [2.24, 2.45) is 0 Å². The molecular weight excluding hydrogens is 431 g/mol. The number of aromatic nitrogens is 4. The minimum Gasteiger partial charge on any atom is -0.497 e. The summed E-state index contributed by atoms with van der Waals surface area (Å²) in [6.45, 7) is 0. The fraction of sp³-hybridized carbons (Fsp3) is 0.176. The summed E-state index contributed by atoms with van der Waals surface area (Å²) in [4.78, 5) is 19.9. The van der Waals surface area contributed by atoms with Gasteiger partial charge in [-0.15, -0.1) is 5.10 Å². The van der Waals surface area contributed by atoms with Crippen molar-refractivity contribution in [3.05, 3.63) is 47.1 Å². The van der Waals surface area contributed by atoms with E-state index in [1.54, 1.807) is 31.4 Å². The first-order valence-electron chi connectivity index (χ1n) is 7.98. The standard InChI is InChI=1S/C17H13ClF3N5O2S/c1-28-11-4-2-9(3-5-11)14-24-16(26-25-14)29-8-13(27)23-15-12(18)6-10(7-22-15)17(19,20)21/h2-7H,8H2,1H3,(H,22,23,27)(H,24,25,26). The van der Waals surface area contributed by atoms with Gasteiger partial charge in [0.1, 0.15) is 5.75 Å². The predicted molar refractivity (Wildman–Crippen MR) is 102 cm³/mol. The van der Waals surface area contributed by atoms with Crippen LogP contribution in [0.1, 0.15) is 5.56 Å². The molecule has 152 valence electrons. The molecule has 0 atom stereocenters. The monoisotopic (exact) mass is 443 g/mol. The van der Waals surface area contributed by atoms with Crippen LogP contribution in [0.15, 0.2) is 41.7 Å². The zero-order chi connectivity index (χ0) is 21.0. The molecule has 2 aromatic heterocycles. The SMILES string of the molecule is COc1ccc(-c2nc(SCC(=O)Nc3ncc(C(F)(F)F)cc3Cl)n[nH]2)cc1. The number of alkyl halides is 3. The van der Waals surface area contributed by atoms with Gasteiger partial charge < -0.3 is 10.1 Å². The zero-order valence-corrected chi connectivity index (χ0v) is 16.3. The number of methoxy groups -OCH3 is 1. The lowest BCUT2D eigenvalue weighted by Crippen LogP contribution is -2.16. The van der Waals surface area contributed by atoms with Crippen molar-refractivity contribution in [3.63, 3.8) is 0 Å². The number of anilines is 1. The number of carbonyl (C=O) groups excluding carboxylic acids is 1. The van der Waals surface area contributed by atoms with Gasteiger partial charge in [-0.25, -0.2) is 9.97 Å². The number of hydrogen-bond donors (Lipinski definition) is 2. The highest BCUT2D eigenvalue weighted by molar-refractivity contribution is 7.99. The van der Waals surface area contributed by atoms with E-state index in [0.717, 1.165) is 17.3 Å². The molecule has 7 nitrogen and oxygen atoms in total. The molecule has 29 heavy (non-hydrogen) atoms. The molecule has 0 aliphatic rings. The van der Waals surface area contributed by atoms with Crippen LogP contribution in [0, 0.1) is 0 Å². The van der Waals surface area contributed by atoms with Crippen molar-refractivity contribution >= 4 is 35.1 Å². The summed E-state index contributed by atoms with van der Waals surface area (Å²) in [6, 6.07) is 7.86. The number of aromatic amines is 1. The quantitative estimate of drug-likeness (QED) is 0.552. The summed E-state index contributed by atoms with van der Waals surface area (Å²) in [6.07, 6.45) is -3.97. The van der Waals surface area contributed by atoms with Crippen LogP contribution in [0.3, 0.4) is 0 Å². The van der Waals surface area contributed by atoms with Gasteiger partial charge in [0.2, 0.25) is 11.1 Å². The molecule has 3 aromatic rings. The molecule has 0 radical (unpaired) electrons. The van der Waals surface area contributed by atoms with E-state index in [9.17, 15) is 18.0 Å². The van der Waals surface area contributed by atoms with Crippen LogP contribution in [0.2, 0.25) is 5.02 Å². The molecule has 0 bridgehead atoms. The largest absolute Gasteiger partial charge is 0.497 e. The van der Waals surface area contributed by atoms with Gasteiger partial charge in [0, 0.05) is 11.8 Å². The predicted octanol–water partition coefficient (Wildman–Crippen LogP) is 4.28. The van der Waals surface area contributed by atoms with E-state index in [1.807, 2.05) is 0 Å². The molecule has 0 saturated carbocycles. The molecule has 0 aliphatic heterocycles. The molecule has 0 aliphatic carbocycles. The van der Waals surface area contributed by atoms with Gasteiger partial charge in [-0.2, -0.15) is 13.2 Å². The Balaban J connectivity index is 1.58.